The molecule has 18 heavy (non-hydrogen) atoms. The maximum absolute atomic E-state index is 5.63. The highest BCUT2D eigenvalue weighted by atomic mass is 16.5. The molecule has 0 aliphatic rings. The first-order valence-corrected chi connectivity index (χ1v) is 6.04. The summed E-state index contributed by atoms with van der Waals surface area (Å²) in [5.74, 6) is 1.44. The molecule has 0 spiro atoms. The van der Waals surface area contributed by atoms with Crippen LogP contribution in [-0.2, 0) is 0 Å². The number of aromatic nitrogens is 2. The van der Waals surface area contributed by atoms with Gasteiger partial charge in [0, 0.05) is 12.2 Å². The lowest BCUT2D eigenvalue weighted by Crippen LogP contribution is -2.16. The fourth-order valence-electron chi connectivity index (χ4n) is 1.76. The van der Waals surface area contributed by atoms with Crippen LogP contribution in [0.4, 0.5) is 0 Å². The van der Waals surface area contributed by atoms with Gasteiger partial charge in [0.15, 0.2) is 0 Å². The van der Waals surface area contributed by atoms with E-state index >= 15 is 0 Å². The summed E-state index contributed by atoms with van der Waals surface area (Å²) < 4.78 is 5.63. The molecule has 2 aromatic heterocycles. The van der Waals surface area contributed by atoms with E-state index in [1.165, 1.54) is 0 Å². The van der Waals surface area contributed by atoms with Crippen molar-refractivity contribution >= 4 is 0 Å². The Bertz CT molecular complexity index is 466. The van der Waals surface area contributed by atoms with Crippen molar-refractivity contribution in [3.8, 4) is 11.5 Å². The minimum atomic E-state index is 0.289. The Morgan fingerprint density at radius 3 is 2.61 bits per heavy atom. The van der Waals surface area contributed by atoms with Gasteiger partial charge in [-0.05, 0) is 37.7 Å². The van der Waals surface area contributed by atoms with Gasteiger partial charge in [0.2, 0.25) is 0 Å². The van der Waals surface area contributed by atoms with Crippen molar-refractivity contribution in [2.24, 2.45) is 0 Å². The Hall–Kier alpha value is -1.94. The zero-order valence-electron chi connectivity index (χ0n) is 10.6. The second-order valence-corrected chi connectivity index (χ2v) is 3.96. The maximum Gasteiger partial charge on any atom is 0.145 e. The molecule has 1 atom stereocenters. The van der Waals surface area contributed by atoms with E-state index in [4.69, 9.17) is 4.74 Å². The SMILES string of the molecule is CCC(NC)c1ccc(Oc2cccnc2)cn1. The molecule has 0 aliphatic heterocycles. The molecule has 0 saturated heterocycles. The molecule has 0 bridgehead atoms. The Morgan fingerprint density at radius 1 is 1.22 bits per heavy atom. The summed E-state index contributed by atoms with van der Waals surface area (Å²) >= 11 is 0. The average Bonchev–Trinajstić information content (AvgIpc) is 2.43. The lowest BCUT2D eigenvalue weighted by Gasteiger charge is -2.13. The third-order valence-corrected chi connectivity index (χ3v) is 2.74. The molecule has 2 heterocycles. The van der Waals surface area contributed by atoms with E-state index in [0.29, 0.717) is 5.75 Å². The second-order valence-electron chi connectivity index (χ2n) is 3.96. The van der Waals surface area contributed by atoms with Crippen LogP contribution in [0.3, 0.4) is 0 Å². The van der Waals surface area contributed by atoms with Gasteiger partial charge >= 0.3 is 0 Å². The van der Waals surface area contributed by atoms with Crippen LogP contribution in [0.5, 0.6) is 11.5 Å². The number of nitrogens with zero attached hydrogens (tertiary/aromatic N) is 2. The van der Waals surface area contributed by atoms with Crippen LogP contribution in [0.1, 0.15) is 25.1 Å². The minimum Gasteiger partial charge on any atom is -0.454 e. The first-order valence-electron chi connectivity index (χ1n) is 6.04. The van der Waals surface area contributed by atoms with Gasteiger partial charge < -0.3 is 10.1 Å². The van der Waals surface area contributed by atoms with Crippen molar-refractivity contribution in [2.45, 2.75) is 19.4 Å². The summed E-state index contributed by atoms with van der Waals surface area (Å²) in [6, 6.07) is 7.90. The molecule has 0 radical (unpaired) electrons. The lowest BCUT2D eigenvalue weighted by atomic mass is 10.1. The fourth-order valence-corrected chi connectivity index (χ4v) is 1.76. The molecular formula is C14H17N3O. The van der Waals surface area contributed by atoms with Crippen molar-refractivity contribution in [1.29, 1.82) is 0 Å². The van der Waals surface area contributed by atoms with Crippen LogP contribution in [-0.4, -0.2) is 17.0 Å². The molecular weight excluding hydrogens is 226 g/mol. The number of pyridine rings is 2. The molecule has 0 fully saturated rings. The van der Waals surface area contributed by atoms with Crippen LogP contribution in [0.25, 0.3) is 0 Å². The van der Waals surface area contributed by atoms with Crippen molar-refractivity contribution < 1.29 is 4.74 Å². The van der Waals surface area contributed by atoms with E-state index in [-0.39, 0.29) is 6.04 Å². The van der Waals surface area contributed by atoms with Crippen LogP contribution in [0, 0.1) is 0 Å². The summed E-state index contributed by atoms with van der Waals surface area (Å²) in [5.41, 5.74) is 1.03. The summed E-state index contributed by atoms with van der Waals surface area (Å²) in [6.07, 6.45) is 6.14. The molecule has 4 heteroatoms. The van der Waals surface area contributed by atoms with E-state index in [0.717, 1.165) is 17.9 Å². The highest BCUT2D eigenvalue weighted by Crippen LogP contribution is 2.21. The predicted molar refractivity (Wildman–Crippen MR) is 70.6 cm³/mol. The maximum atomic E-state index is 5.63. The number of ether oxygens (including phenoxy) is 1. The Morgan fingerprint density at radius 2 is 2.06 bits per heavy atom. The van der Waals surface area contributed by atoms with Crippen molar-refractivity contribution in [1.82, 2.24) is 15.3 Å². The quantitative estimate of drug-likeness (QED) is 0.877. The zero-order valence-corrected chi connectivity index (χ0v) is 10.6. The molecule has 0 aromatic carbocycles. The second kappa shape index (κ2) is 6.12. The Labute approximate surface area is 107 Å². The van der Waals surface area contributed by atoms with E-state index in [1.807, 2.05) is 31.3 Å². The van der Waals surface area contributed by atoms with E-state index in [1.54, 1.807) is 18.6 Å². The largest absolute Gasteiger partial charge is 0.454 e. The third-order valence-electron chi connectivity index (χ3n) is 2.74. The minimum absolute atomic E-state index is 0.289. The van der Waals surface area contributed by atoms with Crippen LogP contribution in [0.2, 0.25) is 0 Å². The van der Waals surface area contributed by atoms with Gasteiger partial charge in [-0.15, -0.1) is 0 Å². The molecule has 1 unspecified atom stereocenters. The van der Waals surface area contributed by atoms with Gasteiger partial charge in [-0.3, -0.25) is 9.97 Å². The molecule has 94 valence electrons. The number of hydrogen-bond donors (Lipinski definition) is 1. The van der Waals surface area contributed by atoms with Crippen LogP contribution in [0.15, 0.2) is 42.9 Å². The molecule has 2 rings (SSSR count). The van der Waals surface area contributed by atoms with E-state index in [9.17, 15) is 0 Å². The topological polar surface area (TPSA) is 47.0 Å². The molecule has 4 nitrogen and oxygen atoms in total. The predicted octanol–water partition coefficient (Wildman–Crippen LogP) is 2.94. The first-order chi connectivity index (χ1) is 8.83. The average molecular weight is 243 g/mol. The van der Waals surface area contributed by atoms with Crippen molar-refractivity contribution in [2.75, 3.05) is 7.05 Å². The molecule has 0 amide bonds. The van der Waals surface area contributed by atoms with Crippen LogP contribution >= 0.6 is 0 Å². The van der Waals surface area contributed by atoms with Crippen molar-refractivity contribution in [3.05, 3.63) is 48.5 Å². The summed E-state index contributed by atoms with van der Waals surface area (Å²) in [6.45, 7) is 2.13. The van der Waals surface area contributed by atoms with Gasteiger partial charge in [0.25, 0.3) is 0 Å². The fraction of sp³-hybridized carbons (Fsp3) is 0.286. The van der Waals surface area contributed by atoms with Gasteiger partial charge in [-0.1, -0.05) is 6.92 Å². The monoisotopic (exact) mass is 243 g/mol. The third kappa shape index (κ3) is 3.05. The normalized spacial score (nSPS) is 12.1. The Kier molecular flexibility index (Phi) is 4.25. The van der Waals surface area contributed by atoms with E-state index in [2.05, 4.69) is 22.2 Å². The molecule has 2 aromatic rings. The van der Waals surface area contributed by atoms with Crippen molar-refractivity contribution in [3.63, 3.8) is 0 Å². The molecule has 0 aliphatic carbocycles. The lowest BCUT2D eigenvalue weighted by molar-refractivity contribution is 0.475. The van der Waals surface area contributed by atoms with Gasteiger partial charge in [-0.2, -0.15) is 0 Å². The van der Waals surface area contributed by atoms with Gasteiger partial charge in [0.05, 0.1) is 18.1 Å². The molecule has 0 saturated carbocycles. The van der Waals surface area contributed by atoms with Crippen LogP contribution < -0.4 is 10.1 Å². The van der Waals surface area contributed by atoms with Gasteiger partial charge in [0.1, 0.15) is 11.5 Å². The number of hydrogen-bond acceptors (Lipinski definition) is 4. The zero-order chi connectivity index (χ0) is 12.8. The smallest absolute Gasteiger partial charge is 0.145 e. The highest BCUT2D eigenvalue weighted by molar-refractivity contribution is 5.28. The number of nitrogens with one attached hydrogen (secondary N) is 1. The summed E-state index contributed by atoms with van der Waals surface area (Å²) in [5, 5.41) is 3.22. The van der Waals surface area contributed by atoms with E-state index < -0.39 is 0 Å². The van der Waals surface area contributed by atoms with Gasteiger partial charge in [-0.25, -0.2) is 0 Å². The summed E-state index contributed by atoms with van der Waals surface area (Å²) in [4.78, 5) is 8.41. The summed E-state index contributed by atoms with van der Waals surface area (Å²) in [7, 11) is 1.94. The number of rotatable bonds is 5. The Balaban J connectivity index is 2.08. The first kappa shape index (κ1) is 12.5. The molecule has 1 N–H and O–H groups in total. The highest BCUT2D eigenvalue weighted by Gasteiger charge is 2.07. The standard InChI is InChI=1S/C14H17N3O/c1-3-13(15-2)14-7-6-12(10-17-14)18-11-5-4-8-16-9-11/h4-10,13,15H,3H2,1-2H3.